The molecule has 104 valence electrons. The van der Waals surface area contributed by atoms with Gasteiger partial charge < -0.3 is 18.9 Å². The minimum Gasteiger partial charge on any atom is -0.346 e. The van der Waals surface area contributed by atoms with Crippen molar-refractivity contribution in [2.45, 2.75) is 22.8 Å². The number of hydrogen-bond donors (Lipinski definition) is 0. The molecule has 0 aromatic heterocycles. The number of allylic oxidation sites excluding steroid dienone is 1. The molecule has 2 spiro atoms. The number of hydrogen-bond acceptors (Lipinski definition) is 4. The SMILES string of the molecule is BrC1CC2C3C(C=CC34OCCO4)C2C12OCCO2. The summed E-state index contributed by atoms with van der Waals surface area (Å²) in [4.78, 5) is 0.287. The maximum absolute atomic E-state index is 6.02. The first-order valence-corrected chi connectivity index (χ1v) is 8.08. The predicted molar refractivity (Wildman–Crippen MR) is 69.7 cm³/mol. The fourth-order valence-electron chi connectivity index (χ4n) is 5.06. The average Bonchev–Trinajstić information content (AvgIpc) is 3.11. The van der Waals surface area contributed by atoms with Gasteiger partial charge in [0.05, 0.1) is 31.3 Å². The number of rotatable bonds is 0. The summed E-state index contributed by atoms with van der Waals surface area (Å²) in [5.41, 5.74) is 0. The molecule has 5 unspecified atom stereocenters. The van der Waals surface area contributed by atoms with Crippen LogP contribution in [0.15, 0.2) is 12.2 Å². The van der Waals surface area contributed by atoms with Crippen molar-refractivity contribution >= 4 is 15.9 Å². The molecule has 0 aromatic rings. The number of fused-ring (bicyclic) bond motifs is 6. The Balaban J connectivity index is 1.51. The maximum atomic E-state index is 6.02. The second-order valence-electron chi connectivity index (χ2n) is 6.19. The molecule has 0 amide bonds. The van der Waals surface area contributed by atoms with Gasteiger partial charge in [-0.05, 0) is 24.3 Å². The molecule has 5 aliphatic rings. The van der Waals surface area contributed by atoms with E-state index in [-0.39, 0.29) is 4.83 Å². The van der Waals surface area contributed by atoms with E-state index in [1.54, 1.807) is 0 Å². The van der Waals surface area contributed by atoms with E-state index in [9.17, 15) is 0 Å². The van der Waals surface area contributed by atoms with E-state index in [1.807, 2.05) is 0 Å². The Morgan fingerprint density at radius 1 is 0.947 bits per heavy atom. The molecule has 4 nitrogen and oxygen atoms in total. The molecule has 5 atom stereocenters. The highest BCUT2D eigenvalue weighted by molar-refractivity contribution is 9.09. The largest absolute Gasteiger partial charge is 0.346 e. The molecule has 0 aromatic carbocycles. The topological polar surface area (TPSA) is 36.9 Å². The van der Waals surface area contributed by atoms with Crippen LogP contribution in [0.3, 0.4) is 0 Å². The van der Waals surface area contributed by atoms with Gasteiger partial charge in [-0.1, -0.05) is 22.0 Å². The fourth-order valence-corrected chi connectivity index (χ4v) is 6.06. The van der Waals surface area contributed by atoms with E-state index in [0.29, 0.717) is 50.1 Å². The lowest BCUT2D eigenvalue weighted by molar-refractivity contribution is -0.264. The summed E-state index contributed by atoms with van der Waals surface area (Å²) in [6, 6.07) is 0. The molecule has 2 saturated carbocycles. The maximum Gasteiger partial charge on any atom is 0.191 e. The number of ether oxygens (including phenoxy) is 4. The molecule has 5 rings (SSSR count). The number of alkyl halides is 1. The summed E-state index contributed by atoms with van der Waals surface area (Å²) < 4.78 is 23.9. The Morgan fingerprint density at radius 2 is 1.63 bits per heavy atom. The van der Waals surface area contributed by atoms with Crippen LogP contribution in [0.5, 0.6) is 0 Å². The van der Waals surface area contributed by atoms with Crippen LogP contribution in [0.1, 0.15) is 6.42 Å². The minimum absolute atomic E-state index is 0.287. The smallest absolute Gasteiger partial charge is 0.191 e. The Bertz CT molecular complexity index is 439. The van der Waals surface area contributed by atoms with Gasteiger partial charge in [0.2, 0.25) is 0 Å². The predicted octanol–water partition coefficient (Wildman–Crippen LogP) is 1.69. The van der Waals surface area contributed by atoms with E-state index < -0.39 is 11.6 Å². The van der Waals surface area contributed by atoms with Gasteiger partial charge in [-0.25, -0.2) is 0 Å². The molecule has 2 aliphatic heterocycles. The molecular weight excluding hydrogens is 312 g/mol. The van der Waals surface area contributed by atoms with Gasteiger partial charge in [-0.3, -0.25) is 0 Å². The van der Waals surface area contributed by atoms with Crippen LogP contribution in [0.4, 0.5) is 0 Å². The van der Waals surface area contributed by atoms with Gasteiger partial charge in [-0.15, -0.1) is 0 Å². The summed E-state index contributed by atoms with van der Waals surface area (Å²) in [5, 5.41) is 0. The lowest BCUT2D eigenvalue weighted by atomic mass is 9.57. The first-order chi connectivity index (χ1) is 9.27. The Morgan fingerprint density at radius 3 is 2.37 bits per heavy atom. The van der Waals surface area contributed by atoms with Crippen LogP contribution < -0.4 is 0 Å². The zero-order valence-corrected chi connectivity index (χ0v) is 12.2. The highest BCUT2D eigenvalue weighted by Crippen LogP contribution is 2.69. The van der Waals surface area contributed by atoms with Crippen LogP contribution in [-0.4, -0.2) is 42.8 Å². The van der Waals surface area contributed by atoms with Crippen molar-refractivity contribution in [2.75, 3.05) is 26.4 Å². The first kappa shape index (κ1) is 11.7. The van der Waals surface area contributed by atoms with Gasteiger partial charge in [0.1, 0.15) is 0 Å². The highest BCUT2D eigenvalue weighted by Gasteiger charge is 2.74. The highest BCUT2D eigenvalue weighted by atomic mass is 79.9. The van der Waals surface area contributed by atoms with Crippen molar-refractivity contribution < 1.29 is 18.9 Å². The lowest BCUT2D eigenvalue weighted by Crippen LogP contribution is -2.59. The third kappa shape index (κ3) is 1.21. The summed E-state index contributed by atoms with van der Waals surface area (Å²) in [6.45, 7) is 2.84. The Hall–Kier alpha value is 0.0600. The van der Waals surface area contributed by atoms with Crippen LogP contribution >= 0.6 is 15.9 Å². The third-order valence-corrected chi connectivity index (χ3v) is 6.64. The summed E-state index contributed by atoms with van der Waals surface area (Å²) in [7, 11) is 0. The fraction of sp³-hybridized carbons (Fsp3) is 0.857. The standard InChI is InChI=1S/C14H17BrO4/c15-10-7-9-11-8(1-2-13(11)16-3-4-17-13)12(9)14(10)18-5-6-19-14/h1-2,8-12H,3-7H2. The number of halogens is 1. The summed E-state index contributed by atoms with van der Waals surface area (Å²) in [5.74, 6) is 1.10. The quantitative estimate of drug-likeness (QED) is 0.501. The first-order valence-electron chi connectivity index (χ1n) is 7.16. The second kappa shape index (κ2) is 3.63. The molecule has 0 bridgehead atoms. The van der Waals surface area contributed by atoms with Crippen LogP contribution in [0.25, 0.3) is 0 Å². The van der Waals surface area contributed by atoms with Crippen molar-refractivity contribution in [2.24, 2.45) is 23.7 Å². The molecule has 0 radical (unpaired) electrons. The molecule has 2 heterocycles. The average molecular weight is 329 g/mol. The molecule has 4 fully saturated rings. The minimum atomic E-state index is -0.442. The van der Waals surface area contributed by atoms with Gasteiger partial charge in [0.25, 0.3) is 0 Å². The second-order valence-corrected chi connectivity index (χ2v) is 7.30. The van der Waals surface area contributed by atoms with E-state index in [1.165, 1.54) is 0 Å². The molecule has 19 heavy (non-hydrogen) atoms. The van der Waals surface area contributed by atoms with Crippen LogP contribution in [0, 0.1) is 23.7 Å². The van der Waals surface area contributed by atoms with Crippen molar-refractivity contribution in [1.82, 2.24) is 0 Å². The van der Waals surface area contributed by atoms with Gasteiger partial charge in [0.15, 0.2) is 11.6 Å². The van der Waals surface area contributed by atoms with Crippen LogP contribution in [0.2, 0.25) is 0 Å². The van der Waals surface area contributed by atoms with Crippen molar-refractivity contribution in [3.63, 3.8) is 0 Å². The van der Waals surface area contributed by atoms with Gasteiger partial charge >= 0.3 is 0 Å². The monoisotopic (exact) mass is 328 g/mol. The molecule has 3 aliphatic carbocycles. The van der Waals surface area contributed by atoms with Gasteiger partial charge in [-0.2, -0.15) is 0 Å². The molecular formula is C14H17BrO4. The molecule has 0 N–H and O–H groups in total. The molecule has 5 heteroatoms. The Labute approximate surface area is 120 Å². The summed E-state index contributed by atoms with van der Waals surface area (Å²) in [6.07, 6.45) is 5.50. The normalized spacial score (nSPS) is 51.7. The zero-order valence-electron chi connectivity index (χ0n) is 10.6. The molecule has 2 saturated heterocycles. The van der Waals surface area contributed by atoms with E-state index >= 15 is 0 Å². The van der Waals surface area contributed by atoms with Crippen molar-refractivity contribution in [3.05, 3.63) is 12.2 Å². The zero-order chi connectivity index (χ0) is 12.7. The van der Waals surface area contributed by atoms with E-state index in [2.05, 4.69) is 28.1 Å². The summed E-state index contributed by atoms with van der Waals surface area (Å²) >= 11 is 3.79. The van der Waals surface area contributed by atoms with Crippen LogP contribution in [-0.2, 0) is 18.9 Å². The van der Waals surface area contributed by atoms with E-state index in [0.717, 1.165) is 6.42 Å². The van der Waals surface area contributed by atoms with E-state index in [4.69, 9.17) is 18.9 Å². The van der Waals surface area contributed by atoms with Crippen molar-refractivity contribution in [3.8, 4) is 0 Å². The van der Waals surface area contributed by atoms with Crippen molar-refractivity contribution in [1.29, 1.82) is 0 Å². The Kier molecular flexibility index (Phi) is 2.23. The van der Waals surface area contributed by atoms with Gasteiger partial charge in [0, 0.05) is 11.8 Å². The third-order valence-electron chi connectivity index (χ3n) is 5.62. The lowest BCUT2D eigenvalue weighted by Gasteiger charge is -2.53.